The molecule has 1 N–H and O–H groups in total. The number of nitrogens with one attached hydrogen (secondary N) is 1. The molecule has 9 aromatic rings. The van der Waals surface area contributed by atoms with Crippen molar-refractivity contribution in [2.45, 2.75) is 78.6 Å². The smallest absolute Gasteiger partial charge is 0.256 e. The largest absolute Gasteiger partial charge is 0.458 e. The number of hydrogen-bond acceptors (Lipinski definition) is 8. The summed E-state index contributed by atoms with van der Waals surface area (Å²) in [5.41, 5.74) is 29.5. The lowest BCUT2D eigenvalue weighted by Gasteiger charge is -2.45. The minimum absolute atomic E-state index is 0.0132. The molecule has 6 heterocycles. The van der Waals surface area contributed by atoms with Crippen LogP contribution in [0.1, 0.15) is 79.0 Å². The molecule has 0 aliphatic carbocycles. The summed E-state index contributed by atoms with van der Waals surface area (Å²) in [4.78, 5) is 5.02. The summed E-state index contributed by atoms with van der Waals surface area (Å²) in [6.07, 6.45) is 4.45. The van der Waals surface area contributed by atoms with E-state index < -0.39 is 0 Å². The first kappa shape index (κ1) is 48.8. The van der Waals surface area contributed by atoms with E-state index in [0.29, 0.717) is 0 Å². The maximum Gasteiger partial charge on any atom is 0.256 e. The van der Waals surface area contributed by atoms with Crippen LogP contribution in [0.5, 0.6) is 11.5 Å². The van der Waals surface area contributed by atoms with Crippen LogP contribution < -0.4 is 77.6 Å². The zero-order valence-electron chi connectivity index (χ0n) is 46.9. The van der Waals surface area contributed by atoms with E-state index in [0.717, 1.165) is 28.6 Å². The third-order valence-electron chi connectivity index (χ3n) is 17.7. The second-order valence-electron chi connectivity index (χ2n) is 25.4. The molecule has 9 aromatic carbocycles. The van der Waals surface area contributed by atoms with Crippen LogP contribution in [0.2, 0.25) is 0 Å². The third-order valence-corrected chi connectivity index (χ3v) is 19.2. The van der Waals surface area contributed by atoms with Gasteiger partial charge in [0.25, 0.3) is 20.1 Å². The Balaban J connectivity index is 0.994. The van der Waals surface area contributed by atoms with Gasteiger partial charge < -0.3 is 19.9 Å². The van der Waals surface area contributed by atoms with Crippen molar-refractivity contribution in [3.63, 3.8) is 0 Å². The predicted octanol–water partition coefficient (Wildman–Crippen LogP) is 12.3. The summed E-state index contributed by atoms with van der Waals surface area (Å²) < 4.78 is 12.5. The Kier molecular flexibility index (Phi) is 10.6. The Bertz CT molecular complexity index is 4070. The summed E-state index contributed by atoms with van der Waals surface area (Å²) in [5.74, 6) is 1.86. The fraction of sp³-hybridized carbons (Fsp3) is 0.206. The van der Waals surface area contributed by atoms with Gasteiger partial charge in [0.2, 0.25) is 0 Å². The molecule has 6 nitrogen and oxygen atoms in total. The van der Waals surface area contributed by atoms with E-state index in [9.17, 15) is 0 Å². The zero-order chi connectivity index (χ0) is 54.2. The van der Waals surface area contributed by atoms with E-state index in [-0.39, 0.29) is 36.4 Å². The topological polar surface area (TPSA) is 34.2 Å². The van der Waals surface area contributed by atoms with E-state index in [4.69, 9.17) is 4.74 Å². The van der Waals surface area contributed by atoms with Crippen LogP contribution in [0.3, 0.4) is 0 Å². The molecule has 0 unspecified atom stereocenters. The SMILES string of the molecule is CSN1c2cc3c(cc2B2c4cc5c(cc4Oc4cc(C(C)(C)C)cc1c42)N(SC)c1cc(C(C)(C)C)cc2c1B5c1ccccc1N2c1ccccc1)B1c2ccccc2N(c2ccccc2)c2cc(C(C)(C)C)cc(c21)N3. The predicted molar refractivity (Wildman–Crippen MR) is 346 cm³/mol. The molecule has 6 aliphatic rings. The molecule has 0 amide bonds. The summed E-state index contributed by atoms with van der Waals surface area (Å²) in [7, 11) is 0. The Morgan fingerprint density at radius 2 is 0.797 bits per heavy atom. The van der Waals surface area contributed by atoms with Gasteiger partial charge in [-0.1, -0.05) is 147 Å². The van der Waals surface area contributed by atoms with Gasteiger partial charge in [-0.25, -0.2) is 0 Å². The number of para-hydroxylation sites is 4. The van der Waals surface area contributed by atoms with Crippen LogP contribution in [0.15, 0.2) is 170 Å². The first-order chi connectivity index (χ1) is 38.0. The highest BCUT2D eigenvalue weighted by atomic mass is 32.2. The molecule has 0 fully saturated rings. The van der Waals surface area contributed by atoms with E-state index >= 15 is 0 Å². The van der Waals surface area contributed by atoms with Crippen LogP contribution >= 0.6 is 23.9 Å². The number of anilines is 12. The van der Waals surface area contributed by atoms with Gasteiger partial charge in [0.05, 0.1) is 17.1 Å². The van der Waals surface area contributed by atoms with Crippen LogP contribution in [0, 0.1) is 0 Å². The highest BCUT2D eigenvalue weighted by Gasteiger charge is 2.50. The van der Waals surface area contributed by atoms with Gasteiger partial charge in [0, 0.05) is 69.8 Å². The van der Waals surface area contributed by atoms with E-state index in [1.807, 2.05) is 0 Å². The van der Waals surface area contributed by atoms with Crippen molar-refractivity contribution in [1.82, 2.24) is 0 Å². The molecule has 6 aliphatic heterocycles. The molecule has 15 rings (SSSR count). The highest BCUT2D eigenvalue weighted by Crippen LogP contribution is 2.49. The summed E-state index contributed by atoms with van der Waals surface area (Å²) in [5, 5.41) is 4.15. The fourth-order valence-corrected chi connectivity index (χ4v) is 15.3. The van der Waals surface area contributed by atoms with Gasteiger partial charge in [-0.05, 0) is 185 Å². The molecular weight excluding hydrogens is 999 g/mol. The van der Waals surface area contributed by atoms with Crippen molar-refractivity contribution < 1.29 is 4.74 Å². The molecule has 0 atom stereocenters. The number of fused-ring (bicyclic) bond motifs is 12. The summed E-state index contributed by atoms with van der Waals surface area (Å²) in [6.45, 7) is 20.8. The van der Waals surface area contributed by atoms with Gasteiger partial charge in [-0.3, -0.25) is 8.61 Å². The van der Waals surface area contributed by atoms with Crippen LogP contribution in [0.25, 0.3) is 0 Å². The molecule has 0 bridgehead atoms. The monoisotopic (exact) mass is 1060 g/mol. The van der Waals surface area contributed by atoms with E-state index in [1.54, 1.807) is 23.9 Å². The van der Waals surface area contributed by atoms with Crippen LogP contribution in [-0.2, 0) is 16.2 Å². The van der Waals surface area contributed by atoms with Crippen LogP contribution in [0.4, 0.5) is 68.2 Å². The zero-order valence-corrected chi connectivity index (χ0v) is 48.5. The lowest BCUT2D eigenvalue weighted by Crippen LogP contribution is -2.65. The molecule has 0 saturated carbocycles. The standard InChI is InChI=1S/C68H62B3N5OS2/c1-66(2,3)40-30-52-63-57(31-40)73(43-22-14-12-15-23-43)53-28-20-18-26-45(53)69(63)47-36-48-55(38-51(47)72-52)75(78-10)60-34-42(68(7,8)9)35-62-65(60)71(48)50-37-49-56(39-61(50)77-62)76(79-11)59-33-41(67(4,5)6)32-58-64(59)70(49)46-27-19-21-29-54(46)74(58)44-24-16-13-17-25-44/h12-39,72H,1-11H3. The maximum absolute atomic E-state index is 7.51. The third kappa shape index (κ3) is 7.10. The van der Waals surface area contributed by atoms with Crippen LogP contribution in [-0.4, -0.2) is 32.6 Å². The number of hydrogen-bond donors (Lipinski definition) is 1. The van der Waals surface area contributed by atoms with E-state index in [2.05, 4.69) is 268 Å². The van der Waals surface area contributed by atoms with Gasteiger partial charge in [0.1, 0.15) is 11.5 Å². The van der Waals surface area contributed by atoms with Gasteiger partial charge >= 0.3 is 0 Å². The second-order valence-corrected chi connectivity index (χ2v) is 26.9. The number of rotatable bonds is 4. The lowest BCUT2D eigenvalue weighted by molar-refractivity contribution is 0.483. The minimum Gasteiger partial charge on any atom is -0.458 e. The van der Waals surface area contributed by atoms with Gasteiger partial charge in [-0.2, -0.15) is 0 Å². The quantitative estimate of drug-likeness (QED) is 0.138. The molecule has 0 radical (unpaired) electrons. The minimum atomic E-state index is -0.125. The van der Waals surface area contributed by atoms with Gasteiger partial charge in [0.15, 0.2) is 0 Å². The van der Waals surface area contributed by atoms with Crippen molar-refractivity contribution in [2.24, 2.45) is 0 Å². The lowest BCUT2D eigenvalue weighted by atomic mass is 9.29. The highest BCUT2D eigenvalue weighted by molar-refractivity contribution is 8.00. The first-order valence-electron chi connectivity index (χ1n) is 27.9. The number of ether oxygens (including phenoxy) is 1. The average Bonchev–Trinajstić information content (AvgIpc) is 2.20. The molecule has 11 heteroatoms. The molecule has 0 aromatic heterocycles. The average molecular weight is 1060 g/mol. The number of benzene rings is 9. The van der Waals surface area contributed by atoms with Crippen molar-refractivity contribution in [3.8, 4) is 11.5 Å². The fourth-order valence-electron chi connectivity index (χ4n) is 13.8. The van der Waals surface area contributed by atoms with Gasteiger partial charge in [-0.15, -0.1) is 0 Å². The molecule has 0 spiro atoms. The van der Waals surface area contributed by atoms with E-state index in [1.165, 1.54) is 117 Å². The molecule has 386 valence electrons. The number of nitrogens with zero attached hydrogens (tertiary/aromatic N) is 4. The summed E-state index contributed by atoms with van der Waals surface area (Å²) >= 11 is 3.56. The Morgan fingerprint density at radius 3 is 1.35 bits per heavy atom. The summed E-state index contributed by atoms with van der Waals surface area (Å²) in [6, 6.07) is 64.9. The van der Waals surface area contributed by atoms with Crippen molar-refractivity contribution in [1.29, 1.82) is 0 Å². The van der Waals surface area contributed by atoms with Crippen molar-refractivity contribution >= 4 is 161 Å². The Hall–Kier alpha value is -7.33. The molecular formula is C68H62B3N5OS2. The molecule has 0 saturated heterocycles. The maximum atomic E-state index is 7.51. The Labute approximate surface area is 476 Å². The second kappa shape index (κ2) is 17.1. The first-order valence-corrected chi connectivity index (χ1v) is 30.3. The molecule has 79 heavy (non-hydrogen) atoms. The van der Waals surface area contributed by atoms with Crippen molar-refractivity contribution in [2.75, 3.05) is 36.2 Å². The Morgan fingerprint density at radius 1 is 0.354 bits per heavy atom. The van der Waals surface area contributed by atoms with Crippen molar-refractivity contribution in [3.05, 3.63) is 187 Å². The normalized spacial score (nSPS) is 14.9.